The van der Waals surface area contributed by atoms with E-state index < -0.39 is 11.9 Å². The minimum absolute atomic E-state index is 0. The first-order valence-electron chi connectivity index (χ1n) is 1.77. The maximum atomic E-state index is 9.55. The molecule has 0 saturated carbocycles. The van der Waals surface area contributed by atoms with Gasteiger partial charge in [0.2, 0.25) is 0 Å². The average molecular weight is 148 g/mol. The summed E-state index contributed by atoms with van der Waals surface area (Å²) < 4.78 is 0. The molecule has 0 aromatic rings. The molecule has 0 aromatic carbocycles. The van der Waals surface area contributed by atoms with E-state index in [0.717, 1.165) is 0 Å². The van der Waals surface area contributed by atoms with Crippen LogP contribution in [0.3, 0.4) is 0 Å². The Labute approximate surface area is 55.8 Å². The Kier molecular flexibility index (Phi) is 6.05. The molecule has 0 atom stereocenters. The Hall–Kier alpha value is -1.10. The van der Waals surface area contributed by atoms with E-state index in [4.69, 9.17) is 10.2 Å². The molecule has 9 heavy (non-hydrogen) atoms. The molecule has 0 aromatic heterocycles. The molecule has 0 amide bonds. The maximum absolute atomic E-state index is 9.55. The number of hydrogen-bond acceptors (Lipinski definition) is 2. The third kappa shape index (κ3) is 10.9. The molecule has 52 valence electrons. The molecule has 2 N–H and O–H groups in total. The van der Waals surface area contributed by atoms with Crippen LogP contribution in [0.25, 0.3) is 0 Å². The first-order chi connectivity index (χ1) is 3.63. The molecule has 0 fully saturated rings. The van der Waals surface area contributed by atoms with E-state index in [-0.39, 0.29) is 11.0 Å². The fourth-order valence-corrected chi connectivity index (χ4v) is 0.143. The van der Waals surface area contributed by atoms with Crippen LogP contribution in [0.5, 0.6) is 0 Å². The van der Waals surface area contributed by atoms with E-state index in [0.29, 0.717) is 12.2 Å². The van der Waals surface area contributed by atoms with Crippen molar-refractivity contribution in [2.45, 2.75) is 0 Å². The van der Waals surface area contributed by atoms with Crippen LogP contribution in [0.1, 0.15) is 0 Å². The van der Waals surface area contributed by atoms with Gasteiger partial charge in [0.15, 0.2) is 0 Å². The molecule has 0 aliphatic rings. The number of carbonyl (C=O) groups is 2. The lowest BCUT2D eigenvalue weighted by molar-refractivity contribution is -0.134. The van der Waals surface area contributed by atoms with Gasteiger partial charge in [0.1, 0.15) is 0 Å². The van der Waals surface area contributed by atoms with Crippen LogP contribution in [0, 0.1) is 0 Å². The standard InChI is InChI=1S/C4H4O4.H4Si/c5-3(6)1-2-4(7)8;/h1-2H,(H,5,6)(H,7,8);1H4. The molecule has 0 unspecified atom stereocenters. The molecule has 4 nitrogen and oxygen atoms in total. The van der Waals surface area contributed by atoms with Crippen molar-refractivity contribution in [3.05, 3.63) is 12.2 Å². The quantitative estimate of drug-likeness (QED) is 0.360. The van der Waals surface area contributed by atoms with E-state index in [9.17, 15) is 9.59 Å². The second-order valence-corrected chi connectivity index (χ2v) is 1.01. The molecule has 0 aliphatic carbocycles. The fourth-order valence-electron chi connectivity index (χ4n) is 0.143. The normalized spacial score (nSPS) is 8.44. The molecule has 0 spiro atoms. The van der Waals surface area contributed by atoms with E-state index in [2.05, 4.69) is 0 Å². The van der Waals surface area contributed by atoms with Gasteiger partial charge >= 0.3 is 11.9 Å². The lowest BCUT2D eigenvalue weighted by Gasteiger charge is -1.74. The van der Waals surface area contributed by atoms with Crippen molar-refractivity contribution in [1.29, 1.82) is 0 Å². The molecular weight excluding hydrogens is 140 g/mol. The largest absolute Gasteiger partial charge is 0.478 e. The number of carboxylic acids is 2. The molecule has 0 aliphatic heterocycles. The first-order valence-corrected chi connectivity index (χ1v) is 1.77. The summed E-state index contributed by atoms with van der Waals surface area (Å²) in [6.45, 7) is 0. The van der Waals surface area contributed by atoms with Crippen LogP contribution in [0.4, 0.5) is 0 Å². The van der Waals surface area contributed by atoms with E-state index >= 15 is 0 Å². The smallest absolute Gasteiger partial charge is 0.328 e. The molecule has 5 heteroatoms. The highest BCUT2D eigenvalue weighted by Gasteiger charge is 1.88. The maximum Gasteiger partial charge on any atom is 0.328 e. The van der Waals surface area contributed by atoms with Gasteiger partial charge in [-0.2, -0.15) is 0 Å². The lowest BCUT2D eigenvalue weighted by atomic mass is 10.5. The average Bonchev–Trinajstić information content (AvgIpc) is 1.61. The van der Waals surface area contributed by atoms with Crippen LogP contribution < -0.4 is 0 Å². The van der Waals surface area contributed by atoms with Gasteiger partial charge in [0, 0.05) is 12.2 Å². The van der Waals surface area contributed by atoms with Gasteiger partial charge in [0.25, 0.3) is 0 Å². The summed E-state index contributed by atoms with van der Waals surface area (Å²) in [7, 11) is 0. The summed E-state index contributed by atoms with van der Waals surface area (Å²) in [5.41, 5.74) is 0. The highest BCUT2D eigenvalue weighted by Crippen LogP contribution is 1.70. The third-order valence-corrected chi connectivity index (χ3v) is 0.368. The van der Waals surface area contributed by atoms with Crippen molar-refractivity contribution in [1.82, 2.24) is 0 Å². The lowest BCUT2D eigenvalue weighted by Crippen LogP contribution is -1.91. The predicted molar refractivity (Wildman–Crippen MR) is 35.7 cm³/mol. The van der Waals surface area contributed by atoms with Gasteiger partial charge in [-0.15, -0.1) is 0 Å². The number of rotatable bonds is 2. The molecule has 0 saturated heterocycles. The van der Waals surface area contributed by atoms with E-state index in [1.165, 1.54) is 0 Å². The van der Waals surface area contributed by atoms with Crippen molar-refractivity contribution in [2.75, 3.05) is 0 Å². The van der Waals surface area contributed by atoms with Crippen LogP contribution in [0.2, 0.25) is 0 Å². The van der Waals surface area contributed by atoms with Crippen molar-refractivity contribution in [3.8, 4) is 0 Å². The zero-order chi connectivity index (χ0) is 6.57. The highest BCUT2D eigenvalue weighted by molar-refractivity contribution is 5.89. The zero-order valence-electron chi connectivity index (χ0n) is 3.87. The van der Waals surface area contributed by atoms with E-state index in [1.807, 2.05) is 0 Å². The summed E-state index contributed by atoms with van der Waals surface area (Å²) in [5.74, 6) is -2.51. The number of aliphatic carboxylic acids is 2. The fraction of sp³-hybridized carbons (Fsp3) is 0. The summed E-state index contributed by atoms with van der Waals surface area (Å²) in [6, 6.07) is 0. The molecule has 0 rings (SSSR count). The Bertz CT molecular complexity index is 124. The van der Waals surface area contributed by atoms with Crippen LogP contribution in [-0.4, -0.2) is 33.1 Å². The Morgan fingerprint density at radius 1 is 1.00 bits per heavy atom. The Morgan fingerprint density at radius 3 is 1.33 bits per heavy atom. The summed E-state index contributed by atoms with van der Waals surface area (Å²) in [6.07, 6.45) is 1.12. The summed E-state index contributed by atoms with van der Waals surface area (Å²) >= 11 is 0. The molecule has 0 bridgehead atoms. The van der Waals surface area contributed by atoms with Gasteiger partial charge in [-0.1, -0.05) is 0 Å². The minimum Gasteiger partial charge on any atom is -0.478 e. The number of carboxylic acid groups (broad SMARTS) is 2. The van der Waals surface area contributed by atoms with E-state index in [1.54, 1.807) is 0 Å². The summed E-state index contributed by atoms with van der Waals surface area (Å²) in [5, 5.41) is 15.6. The second-order valence-electron chi connectivity index (χ2n) is 1.01. The van der Waals surface area contributed by atoms with Crippen molar-refractivity contribution in [3.63, 3.8) is 0 Å². The molecule has 0 heterocycles. The predicted octanol–water partition coefficient (Wildman–Crippen LogP) is -1.74. The van der Waals surface area contributed by atoms with Gasteiger partial charge in [0.05, 0.1) is 0 Å². The molecular formula is C4H8O4Si. The first kappa shape index (κ1) is 10.8. The van der Waals surface area contributed by atoms with Crippen molar-refractivity contribution in [2.24, 2.45) is 0 Å². The van der Waals surface area contributed by atoms with Gasteiger partial charge < -0.3 is 10.2 Å². The Morgan fingerprint density at radius 2 is 1.22 bits per heavy atom. The van der Waals surface area contributed by atoms with Gasteiger partial charge in [-0.3, -0.25) is 0 Å². The number of hydrogen-bond donors (Lipinski definition) is 2. The zero-order valence-corrected chi connectivity index (χ0v) is 3.87. The third-order valence-electron chi connectivity index (χ3n) is 0.368. The van der Waals surface area contributed by atoms with Gasteiger partial charge in [-0.05, 0) is 11.0 Å². The molecule has 0 radical (unpaired) electrons. The highest BCUT2D eigenvalue weighted by atomic mass is 28.1. The van der Waals surface area contributed by atoms with Crippen molar-refractivity contribution < 1.29 is 19.8 Å². The van der Waals surface area contributed by atoms with Crippen LogP contribution in [-0.2, 0) is 9.59 Å². The Balaban J connectivity index is 0. The summed E-state index contributed by atoms with van der Waals surface area (Å²) in [4.78, 5) is 19.1. The SMILES string of the molecule is O=C(O)C=CC(=O)O.[SiH4]. The minimum atomic E-state index is -1.26. The van der Waals surface area contributed by atoms with Gasteiger partial charge in [-0.25, -0.2) is 9.59 Å². The topological polar surface area (TPSA) is 74.6 Å². The monoisotopic (exact) mass is 148 g/mol. The van der Waals surface area contributed by atoms with Crippen molar-refractivity contribution >= 4 is 22.9 Å². The second kappa shape index (κ2) is 5.04. The van der Waals surface area contributed by atoms with Crippen LogP contribution in [0.15, 0.2) is 12.2 Å². The van der Waals surface area contributed by atoms with Crippen LogP contribution >= 0.6 is 0 Å².